The molecule has 0 spiro atoms. The normalized spacial score (nSPS) is 15.1. The minimum absolute atomic E-state index is 0.198. The van der Waals surface area contributed by atoms with Gasteiger partial charge in [0.05, 0.1) is 17.4 Å². The third-order valence-corrected chi connectivity index (χ3v) is 9.86. The Morgan fingerprint density at radius 3 is 2.24 bits per heavy atom. The second-order valence-corrected chi connectivity index (χ2v) is 13.2. The summed E-state index contributed by atoms with van der Waals surface area (Å²) in [6.45, 7) is 15.7. The Hall–Kier alpha value is -0.713. The highest BCUT2D eigenvalue weighted by Gasteiger charge is 2.36. The van der Waals surface area contributed by atoms with Gasteiger partial charge in [0.15, 0.2) is 8.32 Å². The summed E-state index contributed by atoms with van der Waals surface area (Å²) in [6.07, 6.45) is 0. The van der Waals surface area contributed by atoms with Gasteiger partial charge in [-0.1, -0.05) is 38.5 Å². The number of benzene rings is 1. The van der Waals surface area contributed by atoms with Gasteiger partial charge in [-0.05, 0) is 49.7 Å². The first-order chi connectivity index (χ1) is 9.53. The number of hydrogen-bond donors (Lipinski definition) is 0. The van der Waals surface area contributed by atoms with Crippen molar-refractivity contribution >= 4 is 19.1 Å². The lowest BCUT2D eigenvalue weighted by Crippen LogP contribution is -2.41. The van der Waals surface area contributed by atoms with Gasteiger partial charge in [0.2, 0.25) is 0 Å². The Balaban J connectivity index is 2.69. The molecule has 1 aromatic carbocycles. The van der Waals surface area contributed by atoms with Crippen molar-refractivity contribution in [2.24, 2.45) is 0 Å². The van der Waals surface area contributed by atoms with Crippen LogP contribution in [0.15, 0.2) is 40.1 Å². The lowest BCUT2D eigenvalue weighted by molar-refractivity contribution is 0.319. The van der Waals surface area contributed by atoms with E-state index in [0.29, 0.717) is 6.61 Å². The predicted molar refractivity (Wildman–Crippen MR) is 94.5 cm³/mol. The second kappa shape index (κ2) is 7.03. The molecule has 0 fully saturated rings. The Labute approximate surface area is 133 Å². The molecule has 0 aliphatic carbocycles. The summed E-state index contributed by atoms with van der Waals surface area (Å²) < 4.78 is 18.4. The first-order valence-electron chi connectivity index (χ1n) is 7.31. The maximum absolute atomic E-state index is 12.3. The minimum atomic E-state index is -1.75. The SMILES string of the molecule is C/C(=C/S(=O)c1ccc(C)cc1)CO[Si](C)(C)C(C)(C)C. The van der Waals surface area contributed by atoms with E-state index in [1.165, 1.54) is 5.56 Å². The molecule has 0 saturated heterocycles. The van der Waals surface area contributed by atoms with E-state index in [1.54, 1.807) is 5.41 Å². The van der Waals surface area contributed by atoms with Crippen molar-refractivity contribution in [1.29, 1.82) is 0 Å². The van der Waals surface area contributed by atoms with Crippen LogP contribution >= 0.6 is 0 Å². The number of aryl methyl sites for hydroxylation is 1. The Kier molecular flexibility index (Phi) is 6.14. The summed E-state index contributed by atoms with van der Waals surface area (Å²) in [7, 11) is -2.84. The maximum Gasteiger partial charge on any atom is 0.192 e. The Morgan fingerprint density at radius 2 is 1.76 bits per heavy atom. The van der Waals surface area contributed by atoms with Crippen LogP contribution in [-0.2, 0) is 15.2 Å². The third kappa shape index (κ3) is 5.53. The summed E-state index contributed by atoms with van der Waals surface area (Å²) in [5.41, 5.74) is 2.21. The van der Waals surface area contributed by atoms with Crippen molar-refractivity contribution < 1.29 is 8.63 Å². The molecule has 0 bridgehead atoms. The molecule has 0 aromatic heterocycles. The van der Waals surface area contributed by atoms with E-state index in [0.717, 1.165) is 10.5 Å². The van der Waals surface area contributed by atoms with Crippen molar-refractivity contribution in [2.45, 2.75) is 57.6 Å². The monoisotopic (exact) mass is 324 g/mol. The quantitative estimate of drug-likeness (QED) is 0.710. The van der Waals surface area contributed by atoms with Crippen LogP contribution in [0.25, 0.3) is 0 Å². The third-order valence-electron chi connectivity index (χ3n) is 4.03. The highest BCUT2D eigenvalue weighted by Crippen LogP contribution is 2.36. The van der Waals surface area contributed by atoms with Crippen LogP contribution in [0.4, 0.5) is 0 Å². The van der Waals surface area contributed by atoms with Gasteiger partial charge < -0.3 is 4.43 Å². The lowest BCUT2D eigenvalue weighted by atomic mass is 10.2. The molecule has 118 valence electrons. The van der Waals surface area contributed by atoms with Gasteiger partial charge in [-0.2, -0.15) is 0 Å². The van der Waals surface area contributed by atoms with Crippen molar-refractivity contribution in [1.82, 2.24) is 0 Å². The summed E-state index contributed by atoms with van der Waals surface area (Å²) in [5, 5.41) is 2.00. The van der Waals surface area contributed by atoms with Crippen LogP contribution in [0.1, 0.15) is 33.3 Å². The Morgan fingerprint density at radius 1 is 1.24 bits per heavy atom. The van der Waals surface area contributed by atoms with Crippen molar-refractivity contribution in [2.75, 3.05) is 6.61 Å². The maximum atomic E-state index is 12.3. The molecule has 0 aliphatic rings. The van der Waals surface area contributed by atoms with E-state index in [2.05, 4.69) is 33.9 Å². The van der Waals surface area contributed by atoms with E-state index >= 15 is 0 Å². The summed E-state index contributed by atoms with van der Waals surface area (Å²) in [6, 6.07) is 7.82. The molecular formula is C17H28O2SSi. The molecule has 1 rings (SSSR count). The second-order valence-electron chi connectivity index (χ2n) is 7.12. The van der Waals surface area contributed by atoms with Gasteiger partial charge in [0.1, 0.15) is 0 Å². The van der Waals surface area contributed by atoms with Crippen molar-refractivity contribution in [3.8, 4) is 0 Å². The summed E-state index contributed by atoms with van der Waals surface area (Å²) >= 11 is 0. The van der Waals surface area contributed by atoms with E-state index in [4.69, 9.17) is 4.43 Å². The zero-order chi connectivity index (χ0) is 16.3. The van der Waals surface area contributed by atoms with Gasteiger partial charge in [-0.25, -0.2) is 4.21 Å². The van der Waals surface area contributed by atoms with Crippen LogP contribution in [0.5, 0.6) is 0 Å². The van der Waals surface area contributed by atoms with Crippen LogP contribution < -0.4 is 0 Å². The van der Waals surface area contributed by atoms with Crippen LogP contribution in [0.3, 0.4) is 0 Å². The van der Waals surface area contributed by atoms with Gasteiger partial charge >= 0.3 is 0 Å². The van der Waals surface area contributed by atoms with Crippen LogP contribution in [-0.4, -0.2) is 19.1 Å². The molecule has 0 amide bonds. The molecule has 2 nitrogen and oxygen atoms in total. The van der Waals surface area contributed by atoms with Crippen molar-refractivity contribution in [3.05, 3.63) is 40.8 Å². The average molecular weight is 325 g/mol. The van der Waals surface area contributed by atoms with Crippen molar-refractivity contribution in [3.63, 3.8) is 0 Å². The molecular weight excluding hydrogens is 296 g/mol. The zero-order valence-corrected chi connectivity index (χ0v) is 16.1. The van der Waals surface area contributed by atoms with E-state index in [1.807, 2.05) is 38.1 Å². The van der Waals surface area contributed by atoms with Crippen LogP contribution in [0, 0.1) is 6.92 Å². The molecule has 1 aromatic rings. The molecule has 0 N–H and O–H groups in total. The minimum Gasteiger partial charge on any atom is -0.413 e. The molecule has 21 heavy (non-hydrogen) atoms. The van der Waals surface area contributed by atoms with Gasteiger partial charge in [0.25, 0.3) is 0 Å². The summed E-state index contributed by atoms with van der Waals surface area (Å²) in [4.78, 5) is 0.840. The largest absolute Gasteiger partial charge is 0.413 e. The highest BCUT2D eigenvalue weighted by atomic mass is 32.2. The topological polar surface area (TPSA) is 26.3 Å². The number of hydrogen-bond acceptors (Lipinski definition) is 2. The van der Waals surface area contributed by atoms with E-state index in [9.17, 15) is 4.21 Å². The first kappa shape index (κ1) is 18.3. The Bertz CT molecular complexity index is 525. The smallest absolute Gasteiger partial charge is 0.192 e. The molecule has 0 aliphatic heterocycles. The zero-order valence-electron chi connectivity index (χ0n) is 14.3. The molecule has 0 heterocycles. The molecule has 0 saturated carbocycles. The number of rotatable bonds is 5. The fourth-order valence-electron chi connectivity index (χ4n) is 1.47. The van der Waals surface area contributed by atoms with Gasteiger partial charge in [0, 0.05) is 10.3 Å². The van der Waals surface area contributed by atoms with E-state index < -0.39 is 19.1 Å². The predicted octanol–water partition coefficient (Wildman–Crippen LogP) is 5.03. The van der Waals surface area contributed by atoms with E-state index in [-0.39, 0.29) is 5.04 Å². The molecule has 1 unspecified atom stereocenters. The molecule has 0 radical (unpaired) electrons. The summed E-state index contributed by atoms with van der Waals surface area (Å²) in [5.74, 6) is 0. The van der Waals surface area contributed by atoms with Gasteiger partial charge in [-0.15, -0.1) is 0 Å². The highest BCUT2D eigenvalue weighted by molar-refractivity contribution is 7.88. The average Bonchev–Trinajstić information content (AvgIpc) is 2.36. The van der Waals surface area contributed by atoms with Gasteiger partial charge in [-0.3, -0.25) is 0 Å². The molecule has 4 heteroatoms. The fraction of sp³-hybridized carbons (Fsp3) is 0.529. The first-order valence-corrected chi connectivity index (χ1v) is 11.4. The lowest BCUT2D eigenvalue weighted by Gasteiger charge is -2.36. The fourth-order valence-corrected chi connectivity index (χ4v) is 3.46. The van der Waals surface area contributed by atoms with Crippen LogP contribution in [0.2, 0.25) is 18.1 Å². The standard InChI is InChI=1S/C17H28O2SSi/c1-14-8-10-16(11-9-14)20(18)13-15(2)12-19-21(6,7)17(3,4)5/h8-11,13H,12H2,1-7H3/b15-13-. The molecule has 1 atom stereocenters.